The topological polar surface area (TPSA) is 37.0 Å². The standard InChI is InChI=1S/C3H3O2S/c4-3(5)1-2-6/h2H,1H2. The van der Waals surface area contributed by atoms with Crippen molar-refractivity contribution in [3.8, 4) is 0 Å². The zero-order valence-electron chi connectivity index (χ0n) is 3.01. The first-order chi connectivity index (χ1) is 2.77. The summed E-state index contributed by atoms with van der Waals surface area (Å²) in [6.45, 7) is 0. The normalized spacial score (nSPS) is 7.33. The highest BCUT2D eigenvalue weighted by atomic mass is 32.1. The van der Waals surface area contributed by atoms with E-state index in [1.807, 2.05) is 0 Å². The molecule has 0 aromatic rings. The van der Waals surface area contributed by atoms with Gasteiger partial charge in [0, 0.05) is 0 Å². The van der Waals surface area contributed by atoms with Gasteiger partial charge in [0.05, 0.1) is 6.42 Å². The van der Waals surface area contributed by atoms with Crippen LogP contribution < -0.4 is 0 Å². The van der Waals surface area contributed by atoms with Gasteiger partial charge in [-0.15, -0.1) is 0 Å². The summed E-state index contributed by atoms with van der Waals surface area (Å²) < 4.78 is 0. The van der Waals surface area contributed by atoms with E-state index < -0.39 is 5.97 Å². The van der Waals surface area contributed by atoms with Gasteiger partial charge in [0.2, 0.25) is 0 Å². The van der Waals surface area contributed by atoms with Crippen molar-refractivity contribution >= 4 is 23.6 Å². The summed E-state index contributed by atoms with van der Waals surface area (Å²) in [5.74, 6) is -1.12. The van der Waals surface area contributed by atoms with Gasteiger partial charge in [-0.05, 0) is 5.37 Å². The largest absolute Gasteiger partial charge is 0.360 e. The number of rotatable bonds is 2. The lowest BCUT2D eigenvalue weighted by atomic mass is 10.5. The Balaban J connectivity index is 3.05. The van der Waals surface area contributed by atoms with Crippen LogP contribution in [0.15, 0.2) is 0 Å². The minimum atomic E-state index is -1.12. The molecule has 2 nitrogen and oxygen atoms in total. The molecule has 0 saturated heterocycles. The molecule has 33 valence electrons. The quantitative estimate of drug-likeness (QED) is 0.472. The van der Waals surface area contributed by atoms with E-state index in [4.69, 9.17) is 0 Å². The molecule has 0 aliphatic carbocycles. The van der Waals surface area contributed by atoms with Crippen molar-refractivity contribution in [2.75, 3.05) is 0 Å². The lowest BCUT2D eigenvalue weighted by Gasteiger charge is -1.68. The second-order valence-electron chi connectivity index (χ2n) is 0.743. The number of thiocarbonyl (C=S) groups is 1. The summed E-state index contributed by atoms with van der Waals surface area (Å²) in [5.41, 5.74) is 0. The SMILES string of the molecule is [O]C(=O)CC=S. The number of hydrogen-bond donors (Lipinski definition) is 0. The summed E-state index contributed by atoms with van der Waals surface area (Å²) in [7, 11) is 0. The second kappa shape index (κ2) is 2.78. The molecule has 0 rings (SSSR count). The van der Waals surface area contributed by atoms with Gasteiger partial charge >= 0.3 is 5.97 Å². The average Bonchev–Trinajstić information content (AvgIpc) is 1.35. The van der Waals surface area contributed by atoms with Crippen LogP contribution in [-0.2, 0) is 9.90 Å². The van der Waals surface area contributed by atoms with Gasteiger partial charge in [-0.25, -0.2) is 9.90 Å². The third kappa shape index (κ3) is 3.56. The van der Waals surface area contributed by atoms with Gasteiger partial charge in [0.1, 0.15) is 0 Å². The van der Waals surface area contributed by atoms with Crippen molar-refractivity contribution in [1.82, 2.24) is 0 Å². The van der Waals surface area contributed by atoms with Crippen molar-refractivity contribution < 1.29 is 9.90 Å². The Kier molecular flexibility index (Phi) is 2.58. The maximum atomic E-state index is 9.39. The van der Waals surface area contributed by atoms with E-state index in [1.54, 1.807) is 0 Å². The summed E-state index contributed by atoms with van der Waals surface area (Å²) >= 11 is 4.18. The van der Waals surface area contributed by atoms with Crippen LogP contribution in [0.5, 0.6) is 0 Å². The van der Waals surface area contributed by atoms with Gasteiger partial charge in [-0.1, -0.05) is 12.2 Å². The van der Waals surface area contributed by atoms with E-state index in [1.165, 1.54) is 0 Å². The predicted molar refractivity (Wildman–Crippen MR) is 24.0 cm³/mol. The van der Waals surface area contributed by atoms with Crippen LogP contribution in [0.25, 0.3) is 0 Å². The molecule has 0 saturated carbocycles. The molecule has 3 heteroatoms. The molecule has 0 unspecified atom stereocenters. The molecule has 0 heterocycles. The van der Waals surface area contributed by atoms with Crippen molar-refractivity contribution in [1.29, 1.82) is 0 Å². The third-order valence-electron chi connectivity index (χ3n) is 0.250. The number of hydrogen-bond acceptors (Lipinski definition) is 2. The first kappa shape index (κ1) is 5.56. The summed E-state index contributed by atoms with van der Waals surface area (Å²) in [6.07, 6.45) is -0.130. The fourth-order valence-corrected chi connectivity index (χ4v) is 0.204. The Hall–Kier alpha value is -0.440. The second-order valence-corrected chi connectivity index (χ2v) is 1.08. The van der Waals surface area contributed by atoms with Crippen molar-refractivity contribution in [3.63, 3.8) is 0 Å². The molecule has 0 N–H and O–H groups in total. The van der Waals surface area contributed by atoms with Crippen LogP contribution in [0.2, 0.25) is 0 Å². The van der Waals surface area contributed by atoms with Crippen LogP contribution >= 0.6 is 12.2 Å². The minimum Gasteiger partial charge on any atom is -0.247 e. The van der Waals surface area contributed by atoms with Crippen LogP contribution in [-0.4, -0.2) is 11.3 Å². The fourth-order valence-electron chi connectivity index (χ4n) is 0.0680. The summed E-state index contributed by atoms with van der Waals surface area (Å²) in [5, 5.41) is 10.5. The zero-order chi connectivity index (χ0) is 4.99. The Morgan fingerprint density at radius 3 is 2.33 bits per heavy atom. The van der Waals surface area contributed by atoms with Crippen molar-refractivity contribution in [2.24, 2.45) is 0 Å². The van der Waals surface area contributed by atoms with Gasteiger partial charge in [-0.2, -0.15) is 0 Å². The van der Waals surface area contributed by atoms with E-state index >= 15 is 0 Å². The molecule has 1 radical (unpaired) electrons. The van der Waals surface area contributed by atoms with Crippen LogP contribution in [0.4, 0.5) is 0 Å². The lowest BCUT2D eigenvalue weighted by Crippen LogP contribution is -1.89. The summed E-state index contributed by atoms with van der Waals surface area (Å²) in [6, 6.07) is 0. The summed E-state index contributed by atoms with van der Waals surface area (Å²) in [4.78, 5) is 9.39. The molecule has 0 aliphatic heterocycles. The van der Waals surface area contributed by atoms with Gasteiger partial charge in [0.25, 0.3) is 0 Å². The van der Waals surface area contributed by atoms with E-state index in [-0.39, 0.29) is 6.42 Å². The van der Waals surface area contributed by atoms with Crippen molar-refractivity contribution in [3.05, 3.63) is 0 Å². The fraction of sp³-hybridized carbons (Fsp3) is 0.333. The molecule has 0 aromatic heterocycles. The Labute approximate surface area is 40.8 Å². The van der Waals surface area contributed by atoms with E-state index in [0.717, 1.165) is 5.37 Å². The van der Waals surface area contributed by atoms with Gasteiger partial charge in [-0.3, -0.25) is 0 Å². The molecule has 0 amide bonds. The molecule has 0 spiro atoms. The molecule has 0 bridgehead atoms. The molecule has 6 heavy (non-hydrogen) atoms. The highest BCUT2D eigenvalue weighted by molar-refractivity contribution is 7.79. The van der Waals surface area contributed by atoms with Gasteiger partial charge < -0.3 is 0 Å². The maximum absolute atomic E-state index is 9.39. The lowest BCUT2D eigenvalue weighted by molar-refractivity contribution is -0.141. The van der Waals surface area contributed by atoms with Crippen LogP contribution in [0, 0.1) is 0 Å². The number of carbonyl (C=O) groups is 1. The molecule has 0 fully saturated rings. The third-order valence-corrected chi connectivity index (χ3v) is 0.417. The highest BCUT2D eigenvalue weighted by Crippen LogP contribution is 1.69. The van der Waals surface area contributed by atoms with E-state index in [0.29, 0.717) is 0 Å². The maximum Gasteiger partial charge on any atom is 0.360 e. The number of carbonyl (C=O) groups excluding carboxylic acids is 1. The Morgan fingerprint density at radius 2 is 2.33 bits per heavy atom. The molecule has 0 aromatic carbocycles. The van der Waals surface area contributed by atoms with Crippen LogP contribution in [0.1, 0.15) is 6.42 Å². The highest BCUT2D eigenvalue weighted by Gasteiger charge is 1.89. The van der Waals surface area contributed by atoms with Crippen LogP contribution in [0.3, 0.4) is 0 Å². The first-order valence-corrected chi connectivity index (χ1v) is 1.88. The van der Waals surface area contributed by atoms with Gasteiger partial charge in [0.15, 0.2) is 0 Å². The molecular weight excluding hydrogens is 100 g/mol. The molecular formula is C3H3O2S. The minimum absolute atomic E-state index is 0.130. The zero-order valence-corrected chi connectivity index (χ0v) is 3.83. The Bertz CT molecular complexity index is 69.2. The molecule has 0 aliphatic rings. The first-order valence-electron chi connectivity index (χ1n) is 1.41. The smallest absolute Gasteiger partial charge is 0.247 e. The average molecular weight is 103 g/mol. The van der Waals surface area contributed by atoms with Crippen molar-refractivity contribution in [2.45, 2.75) is 6.42 Å². The Morgan fingerprint density at radius 1 is 1.83 bits per heavy atom. The monoisotopic (exact) mass is 103 g/mol. The van der Waals surface area contributed by atoms with E-state index in [9.17, 15) is 9.90 Å². The van der Waals surface area contributed by atoms with E-state index in [2.05, 4.69) is 12.2 Å². The predicted octanol–water partition coefficient (Wildman–Crippen LogP) is 0.333. The molecule has 0 atom stereocenters.